The van der Waals surface area contributed by atoms with Crippen LogP contribution >= 0.6 is 27.7 Å². The topological polar surface area (TPSA) is 20.2 Å². The summed E-state index contributed by atoms with van der Waals surface area (Å²) in [7, 11) is 0. The summed E-state index contributed by atoms with van der Waals surface area (Å²) in [4.78, 5) is 0. The number of aliphatic hydroxyl groups excluding tert-OH is 1. The zero-order valence-corrected chi connectivity index (χ0v) is 13.5. The lowest BCUT2D eigenvalue weighted by molar-refractivity contribution is 0.218. The summed E-state index contributed by atoms with van der Waals surface area (Å²) >= 11 is 5.78. The first-order valence-electron chi connectivity index (χ1n) is 6.53. The van der Waals surface area contributed by atoms with E-state index in [1.54, 1.807) is 0 Å². The van der Waals surface area contributed by atoms with Crippen LogP contribution in [0.4, 0.5) is 0 Å². The van der Waals surface area contributed by atoms with E-state index >= 15 is 0 Å². The Balaban J connectivity index is 2.24. The molecule has 0 saturated carbocycles. The normalized spacial score (nSPS) is 18.0. The molecule has 2 rings (SSSR count). The molecule has 1 aliphatic rings. The van der Waals surface area contributed by atoms with Crippen LogP contribution in [0.1, 0.15) is 43.7 Å². The van der Waals surface area contributed by atoms with Crippen molar-refractivity contribution in [2.45, 2.75) is 38.0 Å². The maximum atomic E-state index is 9.44. The summed E-state index contributed by atoms with van der Waals surface area (Å²) in [6.45, 7) is 4.33. The third kappa shape index (κ3) is 3.12. The van der Waals surface area contributed by atoms with Gasteiger partial charge in [0, 0.05) is 9.89 Å². The highest BCUT2D eigenvalue weighted by molar-refractivity contribution is 9.10. The Kier molecular flexibility index (Phi) is 4.79. The monoisotopic (exact) mass is 328 g/mol. The number of benzene rings is 1. The molecular weight excluding hydrogens is 308 g/mol. The fraction of sp³-hybridized carbons (Fsp3) is 0.600. The van der Waals surface area contributed by atoms with Gasteiger partial charge in [0.05, 0.1) is 6.61 Å². The summed E-state index contributed by atoms with van der Waals surface area (Å²) in [5.41, 5.74) is 2.47. The Bertz CT molecular complexity index is 411. The standard InChI is InChI=1S/C15H21BrOS/c1-15(2,10-17)12-3-4-13(14(16)9-12)11-5-7-18-8-6-11/h3-4,9,11,17H,5-8,10H2,1-2H3. The number of halogens is 1. The molecule has 0 radical (unpaired) electrons. The summed E-state index contributed by atoms with van der Waals surface area (Å²) < 4.78 is 1.21. The molecule has 1 heterocycles. The van der Waals surface area contributed by atoms with E-state index in [1.807, 2.05) is 0 Å². The van der Waals surface area contributed by atoms with Crippen molar-refractivity contribution in [1.82, 2.24) is 0 Å². The van der Waals surface area contributed by atoms with Crippen LogP contribution < -0.4 is 0 Å². The molecule has 0 atom stereocenters. The average molecular weight is 329 g/mol. The van der Waals surface area contributed by atoms with Crippen LogP contribution in [0.2, 0.25) is 0 Å². The highest BCUT2D eigenvalue weighted by Gasteiger charge is 2.22. The zero-order chi connectivity index (χ0) is 13.2. The number of hydrogen-bond donors (Lipinski definition) is 1. The number of rotatable bonds is 3. The fourth-order valence-corrected chi connectivity index (χ4v) is 4.19. The van der Waals surface area contributed by atoms with Crippen molar-refractivity contribution in [3.8, 4) is 0 Å². The van der Waals surface area contributed by atoms with E-state index in [4.69, 9.17) is 0 Å². The number of aliphatic hydroxyl groups is 1. The first kappa shape index (κ1) is 14.4. The van der Waals surface area contributed by atoms with Crippen LogP contribution in [0.25, 0.3) is 0 Å². The molecule has 1 aromatic rings. The summed E-state index contributed by atoms with van der Waals surface area (Å²) in [5, 5.41) is 9.44. The maximum Gasteiger partial charge on any atom is 0.0522 e. The molecule has 1 nitrogen and oxygen atoms in total. The molecule has 1 N–H and O–H groups in total. The van der Waals surface area contributed by atoms with Gasteiger partial charge in [0.2, 0.25) is 0 Å². The van der Waals surface area contributed by atoms with Crippen molar-refractivity contribution in [2.75, 3.05) is 18.1 Å². The molecular formula is C15H21BrOS. The summed E-state index contributed by atoms with van der Waals surface area (Å²) in [6.07, 6.45) is 2.57. The molecule has 1 aliphatic heterocycles. The number of hydrogen-bond acceptors (Lipinski definition) is 2. The molecule has 100 valence electrons. The van der Waals surface area contributed by atoms with E-state index in [-0.39, 0.29) is 12.0 Å². The van der Waals surface area contributed by atoms with Crippen LogP contribution in [0.3, 0.4) is 0 Å². The maximum absolute atomic E-state index is 9.44. The lowest BCUT2D eigenvalue weighted by atomic mass is 9.83. The largest absolute Gasteiger partial charge is 0.395 e. The van der Waals surface area contributed by atoms with Gasteiger partial charge in [0.25, 0.3) is 0 Å². The average Bonchev–Trinajstić information content (AvgIpc) is 2.39. The van der Waals surface area contributed by atoms with E-state index in [1.165, 1.54) is 39.9 Å². The first-order valence-corrected chi connectivity index (χ1v) is 8.48. The molecule has 0 bridgehead atoms. The first-order chi connectivity index (χ1) is 8.54. The fourth-order valence-electron chi connectivity index (χ4n) is 2.38. The van der Waals surface area contributed by atoms with Gasteiger partial charge in [-0.05, 0) is 47.5 Å². The van der Waals surface area contributed by atoms with Crippen LogP contribution in [0, 0.1) is 0 Å². The predicted octanol–water partition coefficient (Wildman–Crippen LogP) is 4.33. The van der Waals surface area contributed by atoms with E-state index in [0.717, 1.165) is 0 Å². The summed E-state index contributed by atoms with van der Waals surface area (Å²) in [5.74, 6) is 3.26. The third-order valence-corrected chi connectivity index (χ3v) is 5.57. The van der Waals surface area contributed by atoms with Gasteiger partial charge in [0.1, 0.15) is 0 Å². The van der Waals surface area contributed by atoms with E-state index in [2.05, 4.69) is 59.7 Å². The summed E-state index contributed by atoms with van der Waals surface area (Å²) in [6, 6.07) is 6.61. The van der Waals surface area contributed by atoms with E-state index in [0.29, 0.717) is 5.92 Å². The minimum Gasteiger partial charge on any atom is -0.395 e. The van der Waals surface area contributed by atoms with Crippen molar-refractivity contribution < 1.29 is 5.11 Å². The highest BCUT2D eigenvalue weighted by atomic mass is 79.9. The van der Waals surface area contributed by atoms with Gasteiger partial charge in [0.15, 0.2) is 0 Å². The second-order valence-corrected chi connectivity index (χ2v) is 7.74. The molecule has 0 aromatic heterocycles. The van der Waals surface area contributed by atoms with E-state index < -0.39 is 0 Å². The number of thioether (sulfide) groups is 1. The molecule has 1 aromatic carbocycles. The van der Waals surface area contributed by atoms with Gasteiger partial charge >= 0.3 is 0 Å². The minimum absolute atomic E-state index is 0.163. The molecule has 1 saturated heterocycles. The molecule has 18 heavy (non-hydrogen) atoms. The molecule has 0 spiro atoms. The lowest BCUT2D eigenvalue weighted by Gasteiger charge is -2.26. The van der Waals surface area contributed by atoms with Crippen LogP contribution in [0.5, 0.6) is 0 Å². The second-order valence-electron chi connectivity index (χ2n) is 5.66. The predicted molar refractivity (Wildman–Crippen MR) is 83.6 cm³/mol. The Morgan fingerprint density at radius 2 is 2.00 bits per heavy atom. The quantitative estimate of drug-likeness (QED) is 0.891. The van der Waals surface area contributed by atoms with Crippen molar-refractivity contribution in [3.63, 3.8) is 0 Å². The molecule has 0 unspecified atom stereocenters. The van der Waals surface area contributed by atoms with Gasteiger partial charge in [-0.1, -0.05) is 41.9 Å². The minimum atomic E-state index is -0.163. The van der Waals surface area contributed by atoms with Crippen molar-refractivity contribution in [3.05, 3.63) is 33.8 Å². The van der Waals surface area contributed by atoms with Gasteiger partial charge in [-0.25, -0.2) is 0 Å². The Morgan fingerprint density at radius 1 is 1.33 bits per heavy atom. The highest BCUT2D eigenvalue weighted by Crippen LogP contribution is 2.37. The van der Waals surface area contributed by atoms with Crippen molar-refractivity contribution in [1.29, 1.82) is 0 Å². The molecule has 0 aliphatic carbocycles. The Hall–Kier alpha value is 0.01000. The van der Waals surface area contributed by atoms with Gasteiger partial charge in [-0.3, -0.25) is 0 Å². The molecule has 0 amide bonds. The van der Waals surface area contributed by atoms with Crippen molar-refractivity contribution >= 4 is 27.7 Å². The smallest absolute Gasteiger partial charge is 0.0522 e. The van der Waals surface area contributed by atoms with E-state index in [9.17, 15) is 5.11 Å². The Labute approximate surface area is 122 Å². The van der Waals surface area contributed by atoms with Crippen molar-refractivity contribution in [2.24, 2.45) is 0 Å². The van der Waals surface area contributed by atoms with Crippen LogP contribution in [0.15, 0.2) is 22.7 Å². The molecule has 3 heteroatoms. The third-order valence-electron chi connectivity index (χ3n) is 3.84. The Morgan fingerprint density at radius 3 is 2.56 bits per heavy atom. The van der Waals surface area contributed by atoms with Gasteiger partial charge in [-0.15, -0.1) is 0 Å². The van der Waals surface area contributed by atoms with Gasteiger partial charge in [-0.2, -0.15) is 11.8 Å². The van der Waals surface area contributed by atoms with Crippen LogP contribution in [-0.4, -0.2) is 23.2 Å². The van der Waals surface area contributed by atoms with Crippen LogP contribution in [-0.2, 0) is 5.41 Å². The lowest BCUT2D eigenvalue weighted by Crippen LogP contribution is -2.22. The molecule has 1 fully saturated rings. The second kappa shape index (κ2) is 5.98. The van der Waals surface area contributed by atoms with Gasteiger partial charge < -0.3 is 5.11 Å². The SMILES string of the molecule is CC(C)(CO)c1ccc(C2CCSCC2)c(Br)c1. The zero-order valence-electron chi connectivity index (χ0n) is 11.1.